The molecule has 0 saturated heterocycles. The molecule has 6 heteroatoms. The molecule has 0 aliphatic rings. The highest BCUT2D eigenvalue weighted by Gasteiger charge is 2.31. The molecule has 2 rings (SSSR count). The van der Waals surface area contributed by atoms with Gasteiger partial charge in [0.2, 0.25) is 0 Å². The minimum absolute atomic E-state index is 0.199. The second kappa shape index (κ2) is 6.00. The molecule has 20 heavy (non-hydrogen) atoms. The molecular formula is C14H14F3NO2. The van der Waals surface area contributed by atoms with Crippen LogP contribution in [0.3, 0.4) is 0 Å². The molecule has 0 radical (unpaired) electrons. The molecule has 2 aromatic rings. The number of hydrogen-bond acceptors (Lipinski definition) is 3. The highest BCUT2D eigenvalue weighted by Crippen LogP contribution is 2.27. The average Bonchev–Trinajstić information content (AvgIpc) is 2.89. The van der Waals surface area contributed by atoms with Gasteiger partial charge in [-0.3, -0.25) is 0 Å². The van der Waals surface area contributed by atoms with E-state index < -0.39 is 6.36 Å². The van der Waals surface area contributed by atoms with Crippen molar-refractivity contribution in [3.05, 3.63) is 54.0 Å². The maximum Gasteiger partial charge on any atom is 0.573 e. The fourth-order valence-corrected chi connectivity index (χ4v) is 1.90. The molecule has 0 amide bonds. The van der Waals surface area contributed by atoms with Gasteiger partial charge in [-0.25, -0.2) is 0 Å². The number of rotatable bonds is 5. The summed E-state index contributed by atoms with van der Waals surface area (Å²) in [5.74, 6) is 0.465. The Morgan fingerprint density at radius 1 is 1.20 bits per heavy atom. The standard InChI is InChI=1S/C14H14F3NO2/c1-2-18-13(12-4-3-9-19-12)10-5-7-11(8-6-10)20-14(15,16)17/h3-9,13,18H,2H2,1H3. The summed E-state index contributed by atoms with van der Waals surface area (Å²) in [6.07, 6.45) is -3.12. The van der Waals surface area contributed by atoms with E-state index in [0.29, 0.717) is 12.3 Å². The van der Waals surface area contributed by atoms with Crippen molar-refractivity contribution in [3.63, 3.8) is 0 Å². The lowest BCUT2D eigenvalue weighted by Crippen LogP contribution is -2.21. The molecule has 0 aliphatic heterocycles. The molecule has 108 valence electrons. The van der Waals surface area contributed by atoms with E-state index in [2.05, 4.69) is 10.1 Å². The summed E-state index contributed by atoms with van der Waals surface area (Å²) in [5, 5.41) is 3.21. The summed E-state index contributed by atoms with van der Waals surface area (Å²) < 4.78 is 45.5. The quantitative estimate of drug-likeness (QED) is 0.905. The van der Waals surface area contributed by atoms with Crippen LogP contribution in [0.15, 0.2) is 47.1 Å². The summed E-state index contributed by atoms with van der Waals surface area (Å²) in [4.78, 5) is 0. The Morgan fingerprint density at radius 3 is 2.40 bits per heavy atom. The van der Waals surface area contributed by atoms with Gasteiger partial charge in [-0.15, -0.1) is 13.2 Å². The Bertz CT molecular complexity index is 520. The van der Waals surface area contributed by atoms with Crippen molar-refractivity contribution >= 4 is 0 Å². The van der Waals surface area contributed by atoms with E-state index in [4.69, 9.17) is 4.42 Å². The first-order valence-electron chi connectivity index (χ1n) is 6.12. The molecule has 0 fully saturated rings. The van der Waals surface area contributed by atoms with E-state index in [1.165, 1.54) is 12.1 Å². The number of nitrogens with one attached hydrogen (secondary N) is 1. The summed E-state index contributed by atoms with van der Waals surface area (Å²) in [6, 6.07) is 9.11. The molecule has 1 atom stereocenters. The second-order valence-corrected chi connectivity index (χ2v) is 4.12. The van der Waals surface area contributed by atoms with Crippen LogP contribution in [-0.4, -0.2) is 12.9 Å². The molecule has 0 saturated carbocycles. The van der Waals surface area contributed by atoms with Crippen LogP contribution in [0, 0.1) is 0 Å². The van der Waals surface area contributed by atoms with E-state index in [9.17, 15) is 13.2 Å². The predicted molar refractivity (Wildman–Crippen MR) is 67.4 cm³/mol. The summed E-state index contributed by atoms with van der Waals surface area (Å²) >= 11 is 0. The van der Waals surface area contributed by atoms with Gasteiger partial charge in [0.05, 0.1) is 12.3 Å². The molecule has 1 N–H and O–H groups in total. The van der Waals surface area contributed by atoms with E-state index in [-0.39, 0.29) is 11.8 Å². The van der Waals surface area contributed by atoms with Gasteiger partial charge < -0.3 is 14.5 Å². The predicted octanol–water partition coefficient (Wildman–Crippen LogP) is 3.88. The lowest BCUT2D eigenvalue weighted by molar-refractivity contribution is -0.274. The largest absolute Gasteiger partial charge is 0.573 e. The maximum atomic E-state index is 12.1. The Labute approximate surface area is 114 Å². The first-order valence-corrected chi connectivity index (χ1v) is 6.12. The number of halogens is 3. The van der Waals surface area contributed by atoms with Crippen molar-refractivity contribution in [1.29, 1.82) is 0 Å². The Balaban J connectivity index is 2.18. The van der Waals surface area contributed by atoms with Crippen LogP contribution in [0.4, 0.5) is 13.2 Å². The van der Waals surface area contributed by atoms with Gasteiger partial charge >= 0.3 is 6.36 Å². The zero-order chi connectivity index (χ0) is 14.6. The number of furan rings is 1. The third-order valence-electron chi connectivity index (χ3n) is 2.68. The van der Waals surface area contributed by atoms with Crippen LogP contribution in [0.25, 0.3) is 0 Å². The molecule has 1 heterocycles. The highest BCUT2D eigenvalue weighted by atomic mass is 19.4. The zero-order valence-corrected chi connectivity index (χ0v) is 10.8. The van der Waals surface area contributed by atoms with Gasteiger partial charge in [-0.2, -0.15) is 0 Å². The lowest BCUT2D eigenvalue weighted by atomic mass is 10.0. The van der Waals surface area contributed by atoms with E-state index in [1.54, 1.807) is 24.5 Å². The molecule has 1 aromatic carbocycles. The van der Waals surface area contributed by atoms with Gasteiger partial charge in [-0.1, -0.05) is 19.1 Å². The summed E-state index contributed by atoms with van der Waals surface area (Å²) in [5.41, 5.74) is 0.802. The zero-order valence-electron chi connectivity index (χ0n) is 10.8. The topological polar surface area (TPSA) is 34.4 Å². The second-order valence-electron chi connectivity index (χ2n) is 4.12. The molecule has 0 spiro atoms. The normalized spacial score (nSPS) is 13.2. The minimum Gasteiger partial charge on any atom is -0.467 e. The summed E-state index contributed by atoms with van der Waals surface area (Å²) in [7, 11) is 0. The molecule has 0 aliphatic carbocycles. The van der Waals surface area contributed by atoms with Crippen molar-refractivity contribution in [2.24, 2.45) is 0 Å². The number of alkyl halides is 3. The Kier molecular flexibility index (Phi) is 4.34. The minimum atomic E-state index is -4.68. The molecule has 0 bridgehead atoms. The van der Waals surface area contributed by atoms with Crippen molar-refractivity contribution in [2.75, 3.05) is 6.54 Å². The van der Waals surface area contributed by atoms with Crippen LogP contribution >= 0.6 is 0 Å². The van der Waals surface area contributed by atoms with Gasteiger partial charge in [0, 0.05) is 0 Å². The smallest absolute Gasteiger partial charge is 0.467 e. The van der Waals surface area contributed by atoms with Crippen LogP contribution in [-0.2, 0) is 0 Å². The molecule has 1 unspecified atom stereocenters. The van der Waals surface area contributed by atoms with Gasteiger partial charge in [0.15, 0.2) is 0 Å². The van der Waals surface area contributed by atoms with Crippen LogP contribution < -0.4 is 10.1 Å². The van der Waals surface area contributed by atoms with E-state index >= 15 is 0 Å². The average molecular weight is 285 g/mol. The van der Waals surface area contributed by atoms with Gasteiger partial charge in [0.25, 0.3) is 0 Å². The van der Waals surface area contributed by atoms with E-state index in [1.807, 2.05) is 13.0 Å². The van der Waals surface area contributed by atoms with Crippen molar-refractivity contribution in [2.45, 2.75) is 19.3 Å². The summed E-state index contributed by atoms with van der Waals surface area (Å²) in [6.45, 7) is 2.64. The third-order valence-corrected chi connectivity index (χ3v) is 2.68. The number of hydrogen-bond donors (Lipinski definition) is 1. The lowest BCUT2D eigenvalue weighted by Gasteiger charge is -2.16. The van der Waals surface area contributed by atoms with Gasteiger partial charge in [0.1, 0.15) is 11.5 Å². The monoisotopic (exact) mass is 285 g/mol. The van der Waals surface area contributed by atoms with Crippen molar-refractivity contribution in [3.8, 4) is 5.75 Å². The number of benzene rings is 1. The van der Waals surface area contributed by atoms with E-state index in [0.717, 1.165) is 5.56 Å². The molecule has 3 nitrogen and oxygen atoms in total. The Morgan fingerprint density at radius 2 is 1.90 bits per heavy atom. The molecule has 1 aromatic heterocycles. The van der Waals surface area contributed by atoms with Crippen molar-refractivity contribution < 1.29 is 22.3 Å². The fourth-order valence-electron chi connectivity index (χ4n) is 1.90. The highest BCUT2D eigenvalue weighted by molar-refractivity contribution is 5.32. The van der Waals surface area contributed by atoms with Crippen LogP contribution in [0.5, 0.6) is 5.75 Å². The van der Waals surface area contributed by atoms with Crippen LogP contribution in [0.2, 0.25) is 0 Å². The maximum absolute atomic E-state index is 12.1. The fraction of sp³-hybridized carbons (Fsp3) is 0.286. The molecular weight excluding hydrogens is 271 g/mol. The van der Waals surface area contributed by atoms with Crippen LogP contribution in [0.1, 0.15) is 24.3 Å². The first kappa shape index (κ1) is 14.5. The number of ether oxygens (including phenoxy) is 1. The first-order chi connectivity index (χ1) is 9.49. The van der Waals surface area contributed by atoms with Gasteiger partial charge in [-0.05, 0) is 36.4 Å². The third kappa shape index (κ3) is 3.77. The SMILES string of the molecule is CCNC(c1ccc(OC(F)(F)F)cc1)c1ccco1. The Hall–Kier alpha value is -1.95. The van der Waals surface area contributed by atoms with Crippen molar-refractivity contribution in [1.82, 2.24) is 5.32 Å².